The highest BCUT2D eigenvalue weighted by atomic mass is 16.1. The number of likely N-dealkylation sites (tertiary alicyclic amines) is 1. The number of benzene rings is 1. The number of hydrogen-bond acceptors (Lipinski definition) is 3. The van der Waals surface area contributed by atoms with Gasteiger partial charge in [-0.3, -0.25) is 9.69 Å². The first kappa shape index (κ1) is 13.9. The van der Waals surface area contributed by atoms with Crippen LogP contribution in [0.25, 0.3) is 0 Å². The molecule has 1 aromatic rings. The zero-order valence-corrected chi connectivity index (χ0v) is 11.6. The van der Waals surface area contributed by atoms with E-state index in [0.29, 0.717) is 18.2 Å². The fourth-order valence-electron chi connectivity index (χ4n) is 2.73. The molecule has 4 nitrogen and oxygen atoms in total. The van der Waals surface area contributed by atoms with Crippen LogP contribution in [0.4, 0.5) is 5.69 Å². The lowest BCUT2D eigenvalue weighted by molar-refractivity contribution is -0.120. The van der Waals surface area contributed by atoms with Gasteiger partial charge in [-0.15, -0.1) is 0 Å². The first-order chi connectivity index (χ1) is 9.19. The molecular weight excluding hydrogens is 238 g/mol. The average Bonchev–Trinajstić information content (AvgIpc) is 2.83. The van der Waals surface area contributed by atoms with Crippen LogP contribution in [0.3, 0.4) is 0 Å². The van der Waals surface area contributed by atoms with Gasteiger partial charge < -0.3 is 11.1 Å². The van der Waals surface area contributed by atoms with E-state index in [-0.39, 0.29) is 5.91 Å². The summed E-state index contributed by atoms with van der Waals surface area (Å²) in [5, 5.41) is 3.04. The van der Waals surface area contributed by atoms with Crippen LogP contribution >= 0.6 is 0 Å². The van der Waals surface area contributed by atoms with Gasteiger partial charge in [0, 0.05) is 18.3 Å². The maximum atomic E-state index is 11.9. The van der Waals surface area contributed by atoms with Crippen molar-refractivity contribution >= 4 is 11.6 Å². The lowest BCUT2D eigenvalue weighted by Gasteiger charge is -2.22. The van der Waals surface area contributed by atoms with Gasteiger partial charge >= 0.3 is 0 Å². The summed E-state index contributed by atoms with van der Waals surface area (Å²) in [5.41, 5.74) is 7.38. The van der Waals surface area contributed by atoms with Crippen molar-refractivity contribution in [2.45, 2.75) is 32.2 Å². The summed E-state index contributed by atoms with van der Waals surface area (Å²) < 4.78 is 0. The van der Waals surface area contributed by atoms with Crippen LogP contribution in [0.15, 0.2) is 24.3 Å². The van der Waals surface area contributed by atoms with E-state index in [1.165, 1.54) is 12.8 Å². The first-order valence-corrected chi connectivity index (χ1v) is 7.04. The number of carbonyl (C=O) groups is 1. The van der Waals surface area contributed by atoms with Crippen molar-refractivity contribution in [2.75, 3.05) is 25.4 Å². The number of hydrogen-bond donors (Lipinski definition) is 2. The summed E-state index contributed by atoms with van der Waals surface area (Å²) in [6.07, 6.45) is 2.83. The standard InChI is InChI=1S/C15H23N3O/c1-2-18-8-4-7-14(18)11-17-15(19)10-12-5-3-6-13(16)9-12/h3,5-6,9,14H,2,4,7-8,10-11,16H2,1H3,(H,17,19). The molecule has 1 saturated heterocycles. The summed E-state index contributed by atoms with van der Waals surface area (Å²) in [5.74, 6) is 0.0774. The van der Waals surface area contributed by atoms with E-state index in [1.54, 1.807) is 0 Å². The molecule has 1 unspecified atom stereocenters. The second kappa shape index (κ2) is 6.57. The van der Waals surface area contributed by atoms with Gasteiger partial charge in [-0.25, -0.2) is 0 Å². The summed E-state index contributed by atoms with van der Waals surface area (Å²) >= 11 is 0. The molecule has 2 rings (SSSR count). The number of nitrogen functional groups attached to an aromatic ring is 1. The Labute approximate surface area is 115 Å². The second-order valence-corrected chi connectivity index (χ2v) is 5.15. The lowest BCUT2D eigenvalue weighted by Crippen LogP contribution is -2.40. The van der Waals surface area contributed by atoms with Crippen LogP contribution in [-0.4, -0.2) is 36.5 Å². The molecule has 1 aliphatic heterocycles. The molecule has 104 valence electrons. The number of nitrogens with zero attached hydrogens (tertiary/aromatic N) is 1. The van der Waals surface area contributed by atoms with Crippen LogP contribution in [0.2, 0.25) is 0 Å². The highest BCUT2D eigenvalue weighted by Crippen LogP contribution is 2.15. The number of rotatable bonds is 5. The van der Waals surface area contributed by atoms with E-state index in [9.17, 15) is 4.79 Å². The second-order valence-electron chi connectivity index (χ2n) is 5.15. The fraction of sp³-hybridized carbons (Fsp3) is 0.533. The number of anilines is 1. The van der Waals surface area contributed by atoms with E-state index in [4.69, 9.17) is 5.73 Å². The van der Waals surface area contributed by atoms with Crippen molar-refractivity contribution < 1.29 is 4.79 Å². The maximum Gasteiger partial charge on any atom is 0.224 e. The number of carbonyl (C=O) groups excluding carboxylic acids is 1. The van der Waals surface area contributed by atoms with Gasteiger partial charge in [0.1, 0.15) is 0 Å². The van der Waals surface area contributed by atoms with Crippen LogP contribution < -0.4 is 11.1 Å². The molecule has 1 aliphatic rings. The quantitative estimate of drug-likeness (QED) is 0.788. The van der Waals surface area contributed by atoms with Crippen LogP contribution in [-0.2, 0) is 11.2 Å². The molecule has 0 radical (unpaired) electrons. The van der Waals surface area contributed by atoms with Crippen molar-refractivity contribution in [2.24, 2.45) is 0 Å². The zero-order valence-electron chi connectivity index (χ0n) is 11.6. The minimum absolute atomic E-state index is 0.0774. The van der Waals surface area contributed by atoms with Gasteiger partial charge in [-0.2, -0.15) is 0 Å². The van der Waals surface area contributed by atoms with Crippen molar-refractivity contribution in [3.63, 3.8) is 0 Å². The van der Waals surface area contributed by atoms with E-state index >= 15 is 0 Å². The minimum atomic E-state index is 0.0774. The van der Waals surface area contributed by atoms with Crippen molar-refractivity contribution in [3.8, 4) is 0 Å². The number of nitrogens with two attached hydrogens (primary N) is 1. The highest BCUT2D eigenvalue weighted by molar-refractivity contribution is 5.78. The van der Waals surface area contributed by atoms with Crippen molar-refractivity contribution in [1.82, 2.24) is 10.2 Å². The predicted molar refractivity (Wildman–Crippen MR) is 77.8 cm³/mol. The first-order valence-electron chi connectivity index (χ1n) is 7.04. The summed E-state index contributed by atoms with van der Waals surface area (Å²) in [6.45, 7) is 5.16. The minimum Gasteiger partial charge on any atom is -0.399 e. The monoisotopic (exact) mass is 261 g/mol. The van der Waals surface area contributed by atoms with Gasteiger partial charge in [0.25, 0.3) is 0 Å². The third kappa shape index (κ3) is 3.96. The van der Waals surface area contributed by atoms with E-state index < -0.39 is 0 Å². The van der Waals surface area contributed by atoms with Gasteiger partial charge in [0.05, 0.1) is 6.42 Å². The number of amides is 1. The fourth-order valence-corrected chi connectivity index (χ4v) is 2.73. The Bertz CT molecular complexity index is 433. The SMILES string of the molecule is CCN1CCCC1CNC(=O)Cc1cccc(N)c1. The van der Waals surface area contributed by atoms with E-state index in [0.717, 1.165) is 25.2 Å². The summed E-state index contributed by atoms with van der Waals surface area (Å²) in [7, 11) is 0. The maximum absolute atomic E-state index is 11.9. The highest BCUT2D eigenvalue weighted by Gasteiger charge is 2.22. The molecule has 4 heteroatoms. The Morgan fingerprint density at radius 3 is 3.11 bits per heavy atom. The predicted octanol–water partition coefficient (Wildman–Crippen LogP) is 1.41. The number of nitrogens with one attached hydrogen (secondary N) is 1. The Morgan fingerprint density at radius 1 is 1.53 bits per heavy atom. The zero-order chi connectivity index (χ0) is 13.7. The molecule has 1 amide bonds. The van der Waals surface area contributed by atoms with Gasteiger partial charge in [-0.05, 0) is 43.6 Å². The molecule has 1 atom stereocenters. The number of likely N-dealkylation sites (N-methyl/N-ethyl adjacent to an activating group) is 1. The van der Waals surface area contributed by atoms with Gasteiger partial charge in [0.15, 0.2) is 0 Å². The molecule has 19 heavy (non-hydrogen) atoms. The molecule has 1 aromatic carbocycles. The molecule has 3 N–H and O–H groups in total. The Morgan fingerprint density at radius 2 is 2.37 bits per heavy atom. The van der Waals surface area contributed by atoms with Crippen LogP contribution in [0, 0.1) is 0 Å². The molecule has 0 saturated carbocycles. The molecule has 0 bridgehead atoms. The van der Waals surface area contributed by atoms with E-state index in [2.05, 4.69) is 17.1 Å². The third-order valence-electron chi connectivity index (χ3n) is 3.76. The Hall–Kier alpha value is -1.55. The lowest BCUT2D eigenvalue weighted by atomic mass is 10.1. The molecule has 1 fully saturated rings. The van der Waals surface area contributed by atoms with Gasteiger partial charge in [-0.1, -0.05) is 19.1 Å². The van der Waals surface area contributed by atoms with Crippen LogP contribution in [0.1, 0.15) is 25.3 Å². The molecule has 0 aromatic heterocycles. The summed E-state index contributed by atoms with van der Waals surface area (Å²) in [6, 6.07) is 8.01. The molecule has 0 spiro atoms. The molecule has 1 heterocycles. The molecule has 0 aliphatic carbocycles. The van der Waals surface area contributed by atoms with Crippen LogP contribution in [0.5, 0.6) is 0 Å². The molecular formula is C15H23N3O. The van der Waals surface area contributed by atoms with Crippen molar-refractivity contribution in [3.05, 3.63) is 29.8 Å². The topological polar surface area (TPSA) is 58.4 Å². The largest absolute Gasteiger partial charge is 0.399 e. The normalized spacial score (nSPS) is 19.5. The van der Waals surface area contributed by atoms with Crippen molar-refractivity contribution in [1.29, 1.82) is 0 Å². The average molecular weight is 261 g/mol. The van der Waals surface area contributed by atoms with E-state index in [1.807, 2.05) is 24.3 Å². The Kier molecular flexibility index (Phi) is 4.80. The van der Waals surface area contributed by atoms with Gasteiger partial charge in [0.2, 0.25) is 5.91 Å². The summed E-state index contributed by atoms with van der Waals surface area (Å²) in [4.78, 5) is 14.3. The third-order valence-corrected chi connectivity index (χ3v) is 3.76. The Balaban J connectivity index is 1.78. The smallest absolute Gasteiger partial charge is 0.224 e.